The van der Waals surface area contributed by atoms with Crippen LogP contribution in [0.1, 0.15) is 25.3 Å². The second kappa shape index (κ2) is 6.11. The van der Waals surface area contributed by atoms with Crippen LogP contribution in [0, 0.1) is 11.7 Å². The molecule has 1 aromatic rings. The van der Waals surface area contributed by atoms with Gasteiger partial charge in [0.2, 0.25) is 10.0 Å². The zero-order valence-corrected chi connectivity index (χ0v) is 12.5. The maximum atomic E-state index is 12.9. The first-order valence-electron chi connectivity index (χ1n) is 6.78. The van der Waals surface area contributed by atoms with Crippen molar-refractivity contribution in [2.24, 2.45) is 5.92 Å². The highest BCUT2D eigenvalue weighted by Crippen LogP contribution is 2.27. The van der Waals surface area contributed by atoms with Gasteiger partial charge in [-0.25, -0.2) is 12.8 Å². The smallest absolute Gasteiger partial charge is 0.308 e. The molecular weight excluding hydrogens is 297 g/mol. The fourth-order valence-corrected chi connectivity index (χ4v) is 4.55. The van der Waals surface area contributed by atoms with Crippen molar-refractivity contribution in [3.63, 3.8) is 0 Å². The molecular formula is C14H18FNO4S. The summed E-state index contributed by atoms with van der Waals surface area (Å²) in [7, 11) is -3.62. The van der Waals surface area contributed by atoms with Crippen LogP contribution in [0.4, 0.5) is 4.39 Å². The summed E-state index contributed by atoms with van der Waals surface area (Å²) < 4.78 is 39.0. The average molecular weight is 315 g/mol. The normalized spacial score (nSPS) is 23.9. The minimum absolute atomic E-state index is 0.246. The van der Waals surface area contributed by atoms with Crippen LogP contribution >= 0.6 is 0 Å². The Morgan fingerprint density at radius 1 is 1.38 bits per heavy atom. The summed E-state index contributed by atoms with van der Waals surface area (Å²) in [5, 5.41) is 9.15. The van der Waals surface area contributed by atoms with E-state index < -0.39 is 33.8 Å². The van der Waals surface area contributed by atoms with Crippen LogP contribution in [0.3, 0.4) is 0 Å². The van der Waals surface area contributed by atoms with Crippen molar-refractivity contribution < 1.29 is 22.7 Å². The third kappa shape index (κ3) is 3.59. The number of aliphatic carboxylic acids is 1. The first-order chi connectivity index (χ1) is 9.81. The monoisotopic (exact) mass is 315 g/mol. The van der Waals surface area contributed by atoms with Crippen molar-refractivity contribution in [3.8, 4) is 0 Å². The van der Waals surface area contributed by atoms with Crippen LogP contribution in [0.15, 0.2) is 24.3 Å². The fraction of sp³-hybridized carbons (Fsp3) is 0.500. The molecule has 0 unspecified atom stereocenters. The van der Waals surface area contributed by atoms with Crippen molar-refractivity contribution in [1.29, 1.82) is 0 Å². The highest BCUT2D eigenvalue weighted by atomic mass is 32.2. The summed E-state index contributed by atoms with van der Waals surface area (Å²) in [5.41, 5.74) is 0.487. The summed E-state index contributed by atoms with van der Waals surface area (Å²) in [6.07, 6.45) is 1.02. The van der Waals surface area contributed by atoms with Gasteiger partial charge in [0, 0.05) is 12.6 Å². The molecule has 1 saturated heterocycles. The Morgan fingerprint density at radius 2 is 2.00 bits per heavy atom. The summed E-state index contributed by atoms with van der Waals surface area (Å²) in [6, 6.07) is 4.71. The van der Waals surface area contributed by atoms with Crippen LogP contribution in [0.5, 0.6) is 0 Å². The Bertz CT molecular complexity index is 614. The average Bonchev–Trinajstić information content (AvgIpc) is 2.41. The van der Waals surface area contributed by atoms with E-state index >= 15 is 0 Å². The molecule has 0 radical (unpaired) electrons. The van der Waals surface area contributed by atoms with E-state index in [1.165, 1.54) is 28.6 Å². The molecule has 1 N–H and O–H groups in total. The van der Waals surface area contributed by atoms with Gasteiger partial charge in [-0.3, -0.25) is 4.79 Å². The van der Waals surface area contributed by atoms with Gasteiger partial charge in [-0.1, -0.05) is 12.1 Å². The molecule has 1 aliphatic heterocycles. The minimum atomic E-state index is -3.62. The third-order valence-electron chi connectivity index (χ3n) is 3.87. The predicted octanol–water partition coefficient (Wildman–Crippen LogP) is 1.84. The maximum Gasteiger partial charge on any atom is 0.308 e. The van der Waals surface area contributed by atoms with E-state index in [2.05, 4.69) is 0 Å². The minimum Gasteiger partial charge on any atom is -0.481 e. The lowest BCUT2D eigenvalue weighted by Gasteiger charge is -2.36. The van der Waals surface area contributed by atoms with Gasteiger partial charge in [-0.2, -0.15) is 4.31 Å². The van der Waals surface area contributed by atoms with Crippen LogP contribution in [-0.4, -0.2) is 36.4 Å². The Hall–Kier alpha value is -1.47. The number of hydrogen-bond acceptors (Lipinski definition) is 3. The van der Waals surface area contributed by atoms with Crippen LogP contribution in [-0.2, 0) is 20.6 Å². The maximum absolute atomic E-state index is 12.9. The van der Waals surface area contributed by atoms with E-state index in [1.807, 2.05) is 0 Å². The fourth-order valence-electron chi connectivity index (χ4n) is 2.71. The number of rotatable bonds is 4. The van der Waals surface area contributed by atoms with Gasteiger partial charge < -0.3 is 5.11 Å². The van der Waals surface area contributed by atoms with Crippen LogP contribution in [0.25, 0.3) is 0 Å². The number of piperidine rings is 1. The number of carboxylic acid groups (broad SMARTS) is 1. The molecule has 0 spiro atoms. The Labute approximate surface area is 123 Å². The third-order valence-corrected chi connectivity index (χ3v) is 5.79. The highest BCUT2D eigenvalue weighted by Gasteiger charge is 2.38. The first kappa shape index (κ1) is 15.9. The highest BCUT2D eigenvalue weighted by molar-refractivity contribution is 7.88. The van der Waals surface area contributed by atoms with E-state index in [0.29, 0.717) is 24.9 Å². The summed E-state index contributed by atoms with van der Waals surface area (Å²) in [6.45, 7) is 1.95. The second-order valence-electron chi connectivity index (χ2n) is 5.32. The number of sulfonamides is 1. The molecule has 1 fully saturated rings. The Balaban J connectivity index is 2.18. The number of carboxylic acids is 1. The zero-order chi connectivity index (χ0) is 15.6. The summed E-state index contributed by atoms with van der Waals surface area (Å²) in [5.74, 6) is -2.32. The molecule has 1 aliphatic rings. The number of carbonyl (C=O) groups is 1. The summed E-state index contributed by atoms with van der Waals surface area (Å²) in [4.78, 5) is 11.2. The van der Waals surface area contributed by atoms with E-state index in [1.54, 1.807) is 6.92 Å². The molecule has 21 heavy (non-hydrogen) atoms. The number of nitrogens with zero attached hydrogens (tertiary/aromatic N) is 1. The Morgan fingerprint density at radius 3 is 2.57 bits per heavy atom. The molecule has 0 bridgehead atoms. The topological polar surface area (TPSA) is 74.7 Å². The quantitative estimate of drug-likeness (QED) is 0.920. The molecule has 1 heterocycles. The standard InChI is InChI=1S/C14H18FNO4S/c1-10-13(14(17)18)3-2-8-16(10)21(19,20)9-11-4-6-12(15)7-5-11/h4-7,10,13H,2-3,8-9H2,1H3,(H,17,18)/t10-,13-/m1/s1. The van der Waals surface area contributed by atoms with E-state index in [0.717, 1.165) is 0 Å². The SMILES string of the molecule is C[C@@H]1[C@H](C(=O)O)CCCN1S(=O)(=O)Cc1ccc(F)cc1. The number of benzene rings is 1. The largest absolute Gasteiger partial charge is 0.481 e. The molecule has 1 aromatic carbocycles. The van der Waals surface area contributed by atoms with Crippen molar-refractivity contribution in [2.45, 2.75) is 31.6 Å². The van der Waals surface area contributed by atoms with Crippen molar-refractivity contribution in [2.75, 3.05) is 6.54 Å². The van der Waals surface area contributed by atoms with E-state index in [-0.39, 0.29) is 5.75 Å². The number of hydrogen-bond donors (Lipinski definition) is 1. The Kier molecular flexibility index (Phi) is 4.63. The van der Waals surface area contributed by atoms with Gasteiger partial charge in [-0.05, 0) is 37.5 Å². The number of halogens is 1. The predicted molar refractivity (Wildman–Crippen MR) is 75.6 cm³/mol. The first-order valence-corrected chi connectivity index (χ1v) is 8.39. The molecule has 7 heteroatoms. The van der Waals surface area contributed by atoms with Crippen molar-refractivity contribution in [1.82, 2.24) is 4.31 Å². The second-order valence-corrected chi connectivity index (χ2v) is 7.24. The molecule has 0 aliphatic carbocycles. The summed E-state index contributed by atoms with van der Waals surface area (Å²) >= 11 is 0. The zero-order valence-electron chi connectivity index (χ0n) is 11.7. The van der Waals surface area contributed by atoms with Gasteiger partial charge in [0.05, 0.1) is 11.7 Å². The molecule has 2 atom stereocenters. The van der Waals surface area contributed by atoms with Gasteiger partial charge >= 0.3 is 5.97 Å². The van der Waals surface area contributed by atoms with Gasteiger partial charge in [0.15, 0.2) is 0 Å². The van der Waals surface area contributed by atoms with Gasteiger partial charge in [-0.15, -0.1) is 0 Å². The lowest BCUT2D eigenvalue weighted by Crippen LogP contribution is -2.49. The van der Waals surface area contributed by atoms with E-state index in [9.17, 15) is 17.6 Å². The van der Waals surface area contributed by atoms with E-state index in [4.69, 9.17) is 5.11 Å². The van der Waals surface area contributed by atoms with Crippen molar-refractivity contribution >= 4 is 16.0 Å². The van der Waals surface area contributed by atoms with Crippen LogP contribution < -0.4 is 0 Å². The van der Waals surface area contributed by atoms with Gasteiger partial charge in [0.1, 0.15) is 5.82 Å². The molecule has 116 valence electrons. The lowest BCUT2D eigenvalue weighted by atomic mass is 9.92. The van der Waals surface area contributed by atoms with Crippen molar-refractivity contribution in [3.05, 3.63) is 35.6 Å². The van der Waals surface area contributed by atoms with Crippen LogP contribution in [0.2, 0.25) is 0 Å². The molecule has 0 aromatic heterocycles. The van der Waals surface area contributed by atoms with Gasteiger partial charge in [0.25, 0.3) is 0 Å². The molecule has 0 amide bonds. The molecule has 2 rings (SSSR count). The molecule has 0 saturated carbocycles. The molecule has 5 nitrogen and oxygen atoms in total. The lowest BCUT2D eigenvalue weighted by molar-refractivity contribution is -0.144.